The molecular formula is C21H27N3O5S. The van der Waals surface area contributed by atoms with E-state index in [4.69, 9.17) is 24.5 Å². The van der Waals surface area contributed by atoms with E-state index in [-0.39, 0.29) is 6.10 Å². The average Bonchev–Trinajstić information content (AvgIpc) is 3.15. The summed E-state index contributed by atoms with van der Waals surface area (Å²) in [5.74, 6) is -2.97. The van der Waals surface area contributed by atoms with Crippen molar-refractivity contribution in [3.8, 4) is 5.88 Å². The summed E-state index contributed by atoms with van der Waals surface area (Å²) in [6.07, 6.45) is 4.23. The fraction of sp³-hybridized carbons (Fsp3) is 0.429. The fourth-order valence-corrected chi connectivity index (χ4v) is 3.73. The lowest BCUT2D eigenvalue weighted by Gasteiger charge is -2.23. The number of carbonyl (C=O) groups is 2. The van der Waals surface area contributed by atoms with Crippen LogP contribution in [0.5, 0.6) is 5.88 Å². The molecule has 3 rings (SSSR count). The fourth-order valence-electron chi connectivity index (χ4n) is 3.21. The maximum atomic E-state index is 9.10. The molecule has 1 aromatic carbocycles. The molecule has 0 amide bonds. The number of benzene rings is 1. The molecule has 0 fully saturated rings. The van der Waals surface area contributed by atoms with Gasteiger partial charge in [-0.25, -0.2) is 9.59 Å². The lowest BCUT2D eigenvalue weighted by molar-refractivity contribution is -0.159. The lowest BCUT2D eigenvalue weighted by atomic mass is 9.99. The predicted octanol–water partition coefficient (Wildman–Crippen LogP) is 3.56. The highest BCUT2D eigenvalue weighted by Gasteiger charge is 2.22. The second kappa shape index (κ2) is 10.8. The van der Waals surface area contributed by atoms with Crippen molar-refractivity contribution in [1.82, 2.24) is 13.6 Å². The zero-order chi connectivity index (χ0) is 22.3. The Morgan fingerprint density at radius 3 is 2.50 bits per heavy atom. The van der Waals surface area contributed by atoms with Gasteiger partial charge in [0.05, 0.1) is 11.7 Å². The molecule has 9 heteroatoms. The Labute approximate surface area is 180 Å². The Hall–Kier alpha value is -2.78. The number of hydrogen-bond donors (Lipinski definition) is 2. The van der Waals surface area contributed by atoms with Gasteiger partial charge in [0, 0.05) is 13.1 Å². The molecule has 0 spiro atoms. The summed E-state index contributed by atoms with van der Waals surface area (Å²) in [5, 5.41) is 14.8. The summed E-state index contributed by atoms with van der Waals surface area (Å²) in [4.78, 5) is 20.5. The number of ether oxygens (including phenoxy) is 1. The van der Waals surface area contributed by atoms with Gasteiger partial charge in [0.15, 0.2) is 0 Å². The number of carboxylic acids is 2. The lowest BCUT2D eigenvalue weighted by Crippen LogP contribution is -2.25. The van der Waals surface area contributed by atoms with Gasteiger partial charge >= 0.3 is 11.9 Å². The van der Waals surface area contributed by atoms with Crippen molar-refractivity contribution in [2.24, 2.45) is 0 Å². The summed E-state index contributed by atoms with van der Waals surface area (Å²) >= 11 is 1.23. The molecule has 1 aromatic heterocycles. The van der Waals surface area contributed by atoms with E-state index in [0.717, 1.165) is 31.6 Å². The van der Waals surface area contributed by atoms with Crippen LogP contribution in [-0.4, -0.2) is 55.9 Å². The van der Waals surface area contributed by atoms with Gasteiger partial charge in [-0.05, 0) is 50.4 Å². The standard InChI is InChI=1S/C19H25N3OS.C2H2O4/c1-5-17(16-9-8-13(2)11-14(16)3)23-19-18(20-24-21-19)15-7-6-10-22(4)12-15;3-1(4)2(5)6/h7-9,11,17H,5-6,10,12H2,1-4H3;(H,3,4)(H,5,6). The highest BCUT2D eigenvalue weighted by atomic mass is 32.1. The molecule has 162 valence electrons. The predicted molar refractivity (Wildman–Crippen MR) is 115 cm³/mol. The molecule has 0 bridgehead atoms. The maximum Gasteiger partial charge on any atom is 0.414 e. The Bertz CT molecular complexity index is 913. The number of hydrogen-bond acceptors (Lipinski definition) is 7. The average molecular weight is 434 g/mol. The van der Waals surface area contributed by atoms with E-state index < -0.39 is 11.9 Å². The van der Waals surface area contributed by atoms with Crippen LogP contribution in [-0.2, 0) is 9.59 Å². The van der Waals surface area contributed by atoms with Crippen LogP contribution < -0.4 is 4.74 Å². The molecule has 0 radical (unpaired) electrons. The number of carboxylic acid groups (broad SMARTS) is 2. The van der Waals surface area contributed by atoms with E-state index in [1.54, 1.807) is 0 Å². The Kier molecular flexibility index (Phi) is 8.49. The number of rotatable bonds is 5. The van der Waals surface area contributed by atoms with E-state index in [0.29, 0.717) is 5.88 Å². The maximum absolute atomic E-state index is 9.10. The molecular weight excluding hydrogens is 406 g/mol. The Morgan fingerprint density at radius 2 is 1.93 bits per heavy atom. The second-order valence-corrected chi connectivity index (χ2v) is 7.69. The molecule has 2 aromatic rings. The largest absolute Gasteiger partial charge is 0.473 e. The number of aliphatic carboxylic acids is 2. The third-order valence-corrected chi connectivity index (χ3v) is 5.20. The van der Waals surface area contributed by atoms with Gasteiger partial charge in [-0.15, -0.1) is 4.37 Å². The third-order valence-electron chi connectivity index (χ3n) is 4.68. The van der Waals surface area contributed by atoms with Crippen molar-refractivity contribution in [1.29, 1.82) is 0 Å². The number of aryl methyl sites for hydroxylation is 2. The van der Waals surface area contributed by atoms with Crippen molar-refractivity contribution in [3.63, 3.8) is 0 Å². The number of likely N-dealkylation sites (N-methyl/N-ethyl adjacent to an activating group) is 1. The van der Waals surface area contributed by atoms with E-state index in [1.807, 2.05) is 0 Å². The smallest absolute Gasteiger partial charge is 0.414 e. The summed E-state index contributed by atoms with van der Waals surface area (Å²) in [5.41, 5.74) is 5.91. The zero-order valence-corrected chi connectivity index (χ0v) is 18.4. The minimum Gasteiger partial charge on any atom is -0.473 e. The number of nitrogens with zero attached hydrogens (tertiary/aromatic N) is 3. The van der Waals surface area contributed by atoms with Gasteiger partial charge in [-0.2, -0.15) is 4.37 Å². The monoisotopic (exact) mass is 433 g/mol. The Balaban J connectivity index is 0.000000469. The molecule has 0 saturated heterocycles. The molecule has 2 heterocycles. The topological polar surface area (TPSA) is 113 Å². The van der Waals surface area contributed by atoms with Gasteiger partial charge in [0.1, 0.15) is 11.8 Å². The van der Waals surface area contributed by atoms with Crippen LogP contribution in [0.3, 0.4) is 0 Å². The zero-order valence-electron chi connectivity index (χ0n) is 17.6. The summed E-state index contributed by atoms with van der Waals surface area (Å²) in [6.45, 7) is 8.41. The van der Waals surface area contributed by atoms with Crippen molar-refractivity contribution in [3.05, 3.63) is 46.7 Å². The first-order valence-corrected chi connectivity index (χ1v) is 10.4. The number of aromatic nitrogens is 2. The highest BCUT2D eigenvalue weighted by molar-refractivity contribution is 6.99. The van der Waals surface area contributed by atoms with Crippen molar-refractivity contribution < 1.29 is 24.5 Å². The minimum atomic E-state index is -1.82. The van der Waals surface area contributed by atoms with Gasteiger partial charge in [-0.3, -0.25) is 0 Å². The second-order valence-electron chi connectivity index (χ2n) is 7.16. The molecule has 8 nitrogen and oxygen atoms in total. The molecule has 0 saturated carbocycles. The molecule has 0 aliphatic carbocycles. The molecule has 30 heavy (non-hydrogen) atoms. The van der Waals surface area contributed by atoms with Gasteiger partial charge in [0.2, 0.25) is 0 Å². The molecule has 2 N–H and O–H groups in total. The normalized spacial score (nSPS) is 14.9. The van der Waals surface area contributed by atoms with Gasteiger partial charge in [0.25, 0.3) is 5.88 Å². The van der Waals surface area contributed by atoms with E-state index in [9.17, 15) is 0 Å². The summed E-state index contributed by atoms with van der Waals surface area (Å²) < 4.78 is 15.2. The van der Waals surface area contributed by atoms with Crippen LogP contribution >= 0.6 is 11.7 Å². The van der Waals surface area contributed by atoms with Crippen LogP contribution in [0.2, 0.25) is 0 Å². The van der Waals surface area contributed by atoms with Crippen LogP contribution in [0.15, 0.2) is 24.3 Å². The Morgan fingerprint density at radius 1 is 1.23 bits per heavy atom. The molecule has 1 unspecified atom stereocenters. The first kappa shape index (κ1) is 23.5. The molecule has 1 atom stereocenters. The summed E-state index contributed by atoms with van der Waals surface area (Å²) in [7, 11) is 2.14. The van der Waals surface area contributed by atoms with Gasteiger partial charge < -0.3 is 19.8 Å². The quantitative estimate of drug-likeness (QED) is 0.688. The van der Waals surface area contributed by atoms with Crippen LogP contribution in [0.4, 0.5) is 0 Å². The van der Waals surface area contributed by atoms with Crippen molar-refractivity contribution >= 4 is 29.2 Å². The van der Waals surface area contributed by atoms with Crippen LogP contribution in [0.25, 0.3) is 5.57 Å². The minimum absolute atomic E-state index is 0.00942. The van der Waals surface area contributed by atoms with E-state index in [2.05, 4.69) is 65.7 Å². The van der Waals surface area contributed by atoms with Crippen LogP contribution in [0.1, 0.15) is 48.3 Å². The molecule has 1 aliphatic heterocycles. The van der Waals surface area contributed by atoms with Crippen molar-refractivity contribution in [2.45, 2.75) is 39.7 Å². The third kappa shape index (κ3) is 6.36. The van der Waals surface area contributed by atoms with Crippen LogP contribution in [0, 0.1) is 13.8 Å². The van der Waals surface area contributed by atoms with Crippen molar-refractivity contribution in [2.75, 3.05) is 20.1 Å². The first-order chi connectivity index (χ1) is 14.2. The highest BCUT2D eigenvalue weighted by Crippen LogP contribution is 2.32. The van der Waals surface area contributed by atoms with E-state index >= 15 is 0 Å². The van der Waals surface area contributed by atoms with E-state index in [1.165, 1.54) is 34.0 Å². The SMILES string of the molecule is CCC(Oc1nsnc1C1=CCCN(C)C1)c1ccc(C)cc1C.O=C(O)C(=O)O. The van der Waals surface area contributed by atoms with Gasteiger partial charge in [-0.1, -0.05) is 36.8 Å². The first-order valence-electron chi connectivity index (χ1n) is 9.63. The summed E-state index contributed by atoms with van der Waals surface area (Å²) in [6, 6.07) is 6.53. The molecule has 1 aliphatic rings.